The minimum atomic E-state index is -0.902. The van der Waals surface area contributed by atoms with E-state index in [0.717, 1.165) is 17.8 Å². The van der Waals surface area contributed by atoms with Gasteiger partial charge in [0.25, 0.3) is 5.69 Å². The van der Waals surface area contributed by atoms with Gasteiger partial charge in [0.2, 0.25) is 11.6 Å². The quantitative estimate of drug-likeness (QED) is 0.258. The molecule has 0 unspecified atom stereocenters. The summed E-state index contributed by atoms with van der Waals surface area (Å²) in [6.45, 7) is 0. The molecule has 0 aliphatic rings. The second-order valence-corrected chi connectivity index (χ2v) is 6.58. The molecule has 11 heteroatoms. The molecule has 1 N–H and O–H groups in total. The number of ether oxygens (including phenoxy) is 1. The topological polar surface area (TPSA) is 154 Å². The molecular formula is C21H14N4O7. The van der Waals surface area contributed by atoms with Crippen LogP contribution >= 0.6 is 0 Å². The number of nitro benzene ring substituents is 2. The van der Waals surface area contributed by atoms with Gasteiger partial charge in [-0.3, -0.25) is 25.2 Å². The van der Waals surface area contributed by atoms with Gasteiger partial charge in [0.1, 0.15) is 11.3 Å². The molecule has 0 spiro atoms. The van der Waals surface area contributed by atoms with Gasteiger partial charge in [0.15, 0.2) is 5.58 Å². The van der Waals surface area contributed by atoms with E-state index in [0.29, 0.717) is 34.5 Å². The third-order valence-electron chi connectivity index (χ3n) is 4.55. The predicted molar refractivity (Wildman–Crippen MR) is 115 cm³/mol. The van der Waals surface area contributed by atoms with E-state index in [1.54, 1.807) is 37.4 Å². The summed E-state index contributed by atoms with van der Waals surface area (Å²) in [5.74, 6) is 0.319. The van der Waals surface area contributed by atoms with Gasteiger partial charge in [0.05, 0.1) is 28.7 Å². The van der Waals surface area contributed by atoms with E-state index >= 15 is 0 Å². The second kappa shape index (κ2) is 8.14. The number of phenolic OH excluding ortho intramolecular Hbond substituents is 1. The van der Waals surface area contributed by atoms with E-state index in [1.165, 1.54) is 0 Å². The van der Waals surface area contributed by atoms with E-state index in [2.05, 4.69) is 9.98 Å². The number of non-ortho nitro benzene ring substituents is 1. The van der Waals surface area contributed by atoms with Crippen molar-refractivity contribution in [3.63, 3.8) is 0 Å². The summed E-state index contributed by atoms with van der Waals surface area (Å²) in [5.41, 5.74) is 0.655. The van der Waals surface area contributed by atoms with Crippen LogP contribution in [0.1, 0.15) is 5.56 Å². The number of phenols is 1. The van der Waals surface area contributed by atoms with Crippen molar-refractivity contribution in [3.05, 3.63) is 80.4 Å². The molecule has 0 saturated carbocycles. The summed E-state index contributed by atoms with van der Waals surface area (Å²) in [5, 5.41) is 32.2. The van der Waals surface area contributed by atoms with E-state index in [1.807, 2.05) is 12.1 Å². The van der Waals surface area contributed by atoms with Crippen molar-refractivity contribution in [3.8, 4) is 23.0 Å². The minimum Gasteiger partial charge on any atom is -0.502 e. The summed E-state index contributed by atoms with van der Waals surface area (Å²) in [4.78, 5) is 29.1. The molecule has 0 aliphatic carbocycles. The number of aliphatic imine (C=N–C) groups is 1. The van der Waals surface area contributed by atoms with Crippen molar-refractivity contribution in [1.29, 1.82) is 0 Å². The third kappa shape index (κ3) is 3.94. The Morgan fingerprint density at radius 3 is 2.62 bits per heavy atom. The highest BCUT2D eigenvalue weighted by Crippen LogP contribution is 2.34. The fraction of sp³-hybridized carbons (Fsp3) is 0.0476. The van der Waals surface area contributed by atoms with Gasteiger partial charge in [-0.05, 0) is 36.4 Å². The Kier molecular flexibility index (Phi) is 5.21. The number of hydrogen-bond acceptors (Lipinski definition) is 9. The summed E-state index contributed by atoms with van der Waals surface area (Å²) >= 11 is 0. The molecular weight excluding hydrogens is 420 g/mol. The number of oxazole rings is 1. The summed E-state index contributed by atoms with van der Waals surface area (Å²) in [6.07, 6.45) is 1.11. The van der Waals surface area contributed by atoms with Gasteiger partial charge in [0, 0.05) is 23.4 Å². The molecule has 3 aromatic carbocycles. The van der Waals surface area contributed by atoms with Gasteiger partial charge in [-0.1, -0.05) is 6.07 Å². The second-order valence-electron chi connectivity index (χ2n) is 6.58. The number of benzene rings is 3. The van der Waals surface area contributed by atoms with Crippen molar-refractivity contribution >= 4 is 34.4 Å². The third-order valence-corrected chi connectivity index (χ3v) is 4.55. The maximum atomic E-state index is 11.1. The number of nitro groups is 2. The first kappa shape index (κ1) is 20.5. The molecule has 11 nitrogen and oxygen atoms in total. The van der Waals surface area contributed by atoms with Crippen LogP contribution in [0.5, 0.6) is 11.5 Å². The van der Waals surface area contributed by atoms with Gasteiger partial charge in [-0.2, -0.15) is 0 Å². The van der Waals surface area contributed by atoms with Crippen LogP contribution in [0.15, 0.2) is 64.0 Å². The molecule has 0 fully saturated rings. The lowest BCUT2D eigenvalue weighted by Crippen LogP contribution is -1.96. The first-order chi connectivity index (χ1) is 15.4. The maximum absolute atomic E-state index is 11.1. The minimum absolute atomic E-state index is 0.164. The molecule has 0 atom stereocenters. The van der Waals surface area contributed by atoms with Crippen LogP contribution in [0, 0.1) is 20.2 Å². The predicted octanol–water partition coefficient (Wildman–Crippen LogP) is 4.78. The fourth-order valence-corrected chi connectivity index (χ4v) is 2.99. The Morgan fingerprint density at radius 1 is 1.09 bits per heavy atom. The average molecular weight is 434 g/mol. The van der Waals surface area contributed by atoms with Gasteiger partial charge < -0.3 is 14.3 Å². The number of rotatable bonds is 6. The highest BCUT2D eigenvalue weighted by atomic mass is 16.6. The van der Waals surface area contributed by atoms with Crippen LogP contribution in [-0.4, -0.2) is 33.3 Å². The van der Waals surface area contributed by atoms with Crippen molar-refractivity contribution in [2.45, 2.75) is 0 Å². The van der Waals surface area contributed by atoms with E-state index in [4.69, 9.17) is 9.15 Å². The van der Waals surface area contributed by atoms with E-state index in [9.17, 15) is 25.3 Å². The monoisotopic (exact) mass is 434 g/mol. The first-order valence-corrected chi connectivity index (χ1v) is 9.10. The van der Waals surface area contributed by atoms with Crippen LogP contribution in [0.3, 0.4) is 0 Å². The normalized spacial score (nSPS) is 11.2. The summed E-state index contributed by atoms with van der Waals surface area (Å²) < 4.78 is 11.0. The molecule has 4 rings (SSSR count). The Balaban J connectivity index is 1.69. The lowest BCUT2D eigenvalue weighted by Gasteiger charge is -2.01. The van der Waals surface area contributed by atoms with Crippen LogP contribution in [-0.2, 0) is 0 Å². The molecule has 4 aromatic rings. The molecule has 0 amide bonds. The Hall–Kier alpha value is -4.80. The van der Waals surface area contributed by atoms with Crippen molar-refractivity contribution in [2.75, 3.05) is 7.11 Å². The molecule has 160 valence electrons. The van der Waals surface area contributed by atoms with E-state index < -0.39 is 27.0 Å². The zero-order valence-electron chi connectivity index (χ0n) is 16.5. The maximum Gasteiger partial charge on any atom is 0.318 e. The number of aromatic nitrogens is 1. The highest BCUT2D eigenvalue weighted by Gasteiger charge is 2.23. The van der Waals surface area contributed by atoms with Crippen molar-refractivity contribution < 1.29 is 24.1 Å². The molecule has 32 heavy (non-hydrogen) atoms. The van der Waals surface area contributed by atoms with Gasteiger partial charge >= 0.3 is 5.69 Å². The number of hydrogen-bond donors (Lipinski definition) is 1. The average Bonchev–Trinajstić information content (AvgIpc) is 3.21. The first-order valence-electron chi connectivity index (χ1n) is 9.10. The molecule has 0 bridgehead atoms. The fourth-order valence-electron chi connectivity index (χ4n) is 2.99. The van der Waals surface area contributed by atoms with Crippen molar-refractivity contribution in [1.82, 2.24) is 4.98 Å². The van der Waals surface area contributed by atoms with Crippen LogP contribution in [0.2, 0.25) is 0 Å². The number of aromatic hydroxyl groups is 1. The zero-order valence-corrected chi connectivity index (χ0v) is 16.5. The largest absolute Gasteiger partial charge is 0.502 e. The molecule has 1 aromatic heterocycles. The zero-order chi connectivity index (χ0) is 22.8. The standard InChI is InChI=1S/C21H14N4O7/c1-31-16-4-2-3-12(8-16)21-23-17-9-14(5-6-19(17)32-21)22-11-13-7-15(24(27)28)10-18(20(13)26)25(29)30/h2-11,26H,1H3. The summed E-state index contributed by atoms with van der Waals surface area (Å²) in [7, 11) is 1.56. The molecule has 0 aliphatic heterocycles. The molecule has 0 saturated heterocycles. The number of nitrogens with zero attached hydrogens (tertiary/aromatic N) is 4. The lowest BCUT2D eigenvalue weighted by molar-refractivity contribution is -0.394. The van der Waals surface area contributed by atoms with E-state index in [-0.39, 0.29) is 5.56 Å². The summed E-state index contributed by atoms with van der Waals surface area (Å²) in [6, 6.07) is 13.8. The highest BCUT2D eigenvalue weighted by molar-refractivity contribution is 5.89. The van der Waals surface area contributed by atoms with Gasteiger partial charge in [-0.25, -0.2) is 4.98 Å². The van der Waals surface area contributed by atoms with Crippen LogP contribution < -0.4 is 4.74 Å². The Morgan fingerprint density at radius 2 is 1.91 bits per heavy atom. The lowest BCUT2D eigenvalue weighted by atomic mass is 10.1. The molecule has 1 heterocycles. The van der Waals surface area contributed by atoms with Crippen LogP contribution in [0.25, 0.3) is 22.6 Å². The Labute approximate surface area is 179 Å². The SMILES string of the molecule is COc1cccc(-c2nc3cc(N=Cc4cc([N+](=O)[O-])cc([N+](=O)[O-])c4O)ccc3o2)c1. The van der Waals surface area contributed by atoms with Crippen molar-refractivity contribution in [2.24, 2.45) is 4.99 Å². The van der Waals surface area contributed by atoms with Gasteiger partial charge in [-0.15, -0.1) is 0 Å². The number of fused-ring (bicyclic) bond motifs is 1. The smallest absolute Gasteiger partial charge is 0.318 e. The van der Waals surface area contributed by atoms with Crippen LogP contribution in [0.4, 0.5) is 17.1 Å². The number of methoxy groups -OCH3 is 1. The molecule has 0 radical (unpaired) electrons. The Bertz CT molecular complexity index is 1390.